The van der Waals surface area contributed by atoms with Crippen LogP contribution in [0.5, 0.6) is 0 Å². The summed E-state index contributed by atoms with van der Waals surface area (Å²) in [6, 6.07) is 0. The zero-order valence-corrected chi connectivity index (χ0v) is 10.8. The smallest absolute Gasteiger partial charge is 0.0231 e. The van der Waals surface area contributed by atoms with Gasteiger partial charge in [-0.05, 0) is 18.3 Å². The second-order valence-electron chi connectivity index (χ2n) is 4.86. The maximum atomic E-state index is 3.72. The van der Waals surface area contributed by atoms with E-state index in [4.69, 9.17) is 0 Å². The maximum absolute atomic E-state index is 3.72. The van der Waals surface area contributed by atoms with Gasteiger partial charge in [0.05, 0.1) is 0 Å². The van der Waals surface area contributed by atoms with E-state index in [9.17, 15) is 0 Å². The molecule has 0 spiro atoms. The minimum atomic E-state index is 0.408. The molecule has 0 fully saturated rings. The average molecular weight is 206 g/mol. The van der Waals surface area contributed by atoms with Crippen LogP contribution < -0.4 is 0 Å². The first-order chi connectivity index (χ1) is 7.05. The molecule has 0 bridgehead atoms. The zero-order valence-electron chi connectivity index (χ0n) is 10.8. The average Bonchev–Trinajstić information content (AvgIpc) is 2.22. The van der Waals surface area contributed by atoms with Crippen molar-refractivity contribution in [3.63, 3.8) is 0 Å². The Kier molecular flexibility index (Phi) is 7.11. The molecule has 0 saturated carbocycles. The van der Waals surface area contributed by atoms with Crippen molar-refractivity contribution >= 4 is 0 Å². The molecule has 0 rings (SSSR count). The molecule has 0 heteroatoms. The van der Waals surface area contributed by atoms with Crippen LogP contribution in [0.3, 0.4) is 0 Å². The van der Waals surface area contributed by atoms with Crippen LogP contribution >= 0.6 is 0 Å². The molecule has 0 amide bonds. The number of unbranched alkanes of at least 4 members (excludes halogenated alkanes) is 1. The van der Waals surface area contributed by atoms with Crippen LogP contribution in [-0.2, 0) is 0 Å². The lowest BCUT2D eigenvalue weighted by Crippen LogP contribution is -2.10. The highest BCUT2D eigenvalue weighted by atomic mass is 14.2. The normalized spacial score (nSPS) is 13.5. The molecule has 15 heavy (non-hydrogen) atoms. The van der Waals surface area contributed by atoms with Gasteiger partial charge < -0.3 is 0 Å². The standard InChI is InChI=1S/C15H26/c1-6-9-11-14(12-10-7-2)13-15(4,5)8-3/h6,9,11-12H,1,7-8,10,13H2,2-5H3/b11-9-,14-12+. The van der Waals surface area contributed by atoms with Crippen molar-refractivity contribution in [1.29, 1.82) is 0 Å². The maximum Gasteiger partial charge on any atom is -0.0231 e. The lowest BCUT2D eigenvalue weighted by molar-refractivity contribution is 0.350. The fourth-order valence-electron chi connectivity index (χ4n) is 1.40. The molecule has 0 radical (unpaired) electrons. The van der Waals surface area contributed by atoms with Gasteiger partial charge in [0.25, 0.3) is 0 Å². The molecule has 0 N–H and O–H groups in total. The fourth-order valence-corrected chi connectivity index (χ4v) is 1.40. The van der Waals surface area contributed by atoms with E-state index in [1.54, 1.807) is 0 Å². The third-order valence-electron chi connectivity index (χ3n) is 2.78. The summed E-state index contributed by atoms with van der Waals surface area (Å²) in [7, 11) is 0. The van der Waals surface area contributed by atoms with E-state index in [0.717, 1.165) is 6.42 Å². The summed E-state index contributed by atoms with van der Waals surface area (Å²) in [5.74, 6) is 0. The van der Waals surface area contributed by atoms with Crippen molar-refractivity contribution in [2.24, 2.45) is 5.41 Å². The van der Waals surface area contributed by atoms with Gasteiger partial charge in [-0.3, -0.25) is 0 Å². The van der Waals surface area contributed by atoms with Gasteiger partial charge in [0.1, 0.15) is 0 Å². The van der Waals surface area contributed by atoms with E-state index in [0.29, 0.717) is 5.41 Å². The Morgan fingerprint density at radius 1 is 1.27 bits per heavy atom. The number of hydrogen-bond donors (Lipinski definition) is 0. The van der Waals surface area contributed by atoms with Crippen molar-refractivity contribution in [3.05, 3.63) is 36.5 Å². The van der Waals surface area contributed by atoms with Crippen LogP contribution in [0.25, 0.3) is 0 Å². The van der Waals surface area contributed by atoms with Gasteiger partial charge in [-0.1, -0.05) is 77.0 Å². The van der Waals surface area contributed by atoms with E-state index in [1.807, 2.05) is 12.2 Å². The number of allylic oxidation sites excluding steroid dienone is 5. The quantitative estimate of drug-likeness (QED) is 0.497. The Balaban J connectivity index is 4.50. The van der Waals surface area contributed by atoms with Gasteiger partial charge in [0, 0.05) is 0 Å². The first kappa shape index (κ1) is 14.2. The highest BCUT2D eigenvalue weighted by Crippen LogP contribution is 2.29. The molecule has 0 atom stereocenters. The minimum absolute atomic E-state index is 0.408. The van der Waals surface area contributed by atoms with Crippen molar-refractivity contribution in [1.82, 2.24) is 0 Å². The largest absolute Gasteiger partial charge is 0.0991 e. The second kappa shape index (κ2) is 7.50. The van der Waals surface area contributed by atoms with Crippen molar-refractivity contribution in [2.45, 2.75) is 53.4 Å². The van der Waals surface area contributed by atoms with Crippen LogP contribution in [0.15, 0.2) is 36.5 Å². The third kappa shape index (κ3) is 7.18. The number of hydrogen-bond acceptors (Lipinski definition) is 0. The van der Waals surface area contributed by atoms with E-state index >= 15 is 0 Å². The summed E-state index contributed by atoms with van der Waals surface area (Å²) in [5.41, 5.74) is 1.86. The zero-order chi connectivity index (χ0) is 11.7. The highest BCUT2D eigenvalue weighted by molar-refractivity contribution is 5.22. The minimum Gasteiger partial charge on any atom is -0.0991 e. The summed E-state index contributed by atoms with van der Waals surface area (Å²) in [6.07, 6.45) is 13.2. The van der Waals surface area contributed by atoms with Crippen LogP contribution in [0, 0.1) is 5.41 Å². The lowest BCUT2D eigenvalue weighted by atomic mass is 9.83. The molecular weight excluding hydrogens is 180 g/mol. The third-order valence-corrected chi connectivity index (χ3v) is 2.78. The lowest BCUT2D eigenvalue weighted by Gasteiger charge is -2.23. The molecule has 0 aliphatic rings. The molecule has 0 unspecified atom stereocenters. The van der Waals surface area contributed by atoms with Gasteiger partial charge >= 0.3 is 0 Å². The SMILES string of the molecule is C=C/C=C\C(=C/CCC)CC(C)(C)CC. The molecule has 0 aromatic rings. The first-order valence-corrected chi connectivity index (χ1v) is 6.04. The summed E-state index contributed by atoms with van der Waals surface area (Å²) in [5, 5.41) is 0. The van der Waals surface area contributed by atoms with Gasteiger partial charge in [-0.25, -0.2) is 0 Å². The molecule has 0 saturated heterocycles. The first-order valence-electron chi connectivity index (χ1n) is 6.04. The van der Waals surface area contributed by atoms with Crippen molar-refractivity contribution in [2.75, 3.05) is 0 Å². The van der Waals surface area contributed by atoms with Gasteiger partial charge in [0.15, 0.2) is 0 Å². The molecule has 0 heterocycles. The molecular formula is C15H26. The topological polar surface area (TPSA) is 0 Å². The van der Waals surface area contributed by atoms with Crippen molar-refractivity contribution < 1.29 is 0 Å². The molecule has 0 aliphatic heterocycles. The molecule has 0 nitrogen and oxygen atoms in total. The van der Waals surface area contributed by atoms with E-state index in [1.165, 1.54) is 24.8 Å². The summed E-state index contributed by atoms with van der Waals surface area (Å²) >= 11 is 0. The second-order valence-corrected chi connectivity index (χ2v) is 4.86. The Hall–Kier alpha value is -0.780. The van der Waals surface area contributed by atoms with Crippen LogP contribution in [-0.4, -0.2) is 0 Å². The van der Waals surface area contributed by atoms with Gasteiger partial charge in [-0.15, -0.1) is 0 Å². The van der Waals surface area contributed by atoms with Crippen LogP contribution in [0.4, 0.5) is 0 Å². The Morgan fingerprint density at radius 2 is 1.93 bits per heavy atom. The molecule has 86 valence electrons. The number of rotatable bonds is 7. The summed E-state index contributed by atoms with van der Waals surface area (Å²) in [6.45, 7) is 12.8. The van der Waals surface area contributed by atoms with Gasteiger partial charge in [-0.2, -0.15) is 0 Å². The van der Waals surface area contributed by atoms with E-state index < -0.39 is 0 Å². The molecule has 0 aromatic heterocycles. The van der Waals surface area contributed by atoms with E-state index in [-0.39, 0.29) is 0 Å². The molecule has 0 aliphatic carbocycles. The van der Waals surface area contributed by atoms with Crippen molar-refractivity contribution in [3.8, 4) is 0 Å². The van der Waals surface area contributed by atoms with Crippen LogP contribution in [0.1, 0.15) is 53.4 Å². The van der Waals surface area contributed by atoms with E-state index in [2.05, 4.69) is 46.4 Å². The van der Waals surface area contributed by atoms with Crippen LogP contribution in [0.2, 0.25) is 0 Å². The van der Waals surface area contributed by atoms with Gasteiger partial charge in [0.2, 0.25) is 0 Å². The predicted octanol–water partition coefficient (Wildman–Crippen LogP) is 5.28. The Bertz CT molecular complexity index is 228. The Morgan fingerprint density at radius 3 is 2.40 bits per heavy atom. The monoisotopic (exact) mass is 206 g/mol. The fraction of sp³-hybridized carbons (Fsp3) is 0.600. The summed E-state index contributed by atoms with van der Waals surface area (Å²) in [4.78, 5) is 0. The Labute approximate surface area is 95.8 Å². The molecule has 0 aromatic carbocycles. The predicted molar refractivity (Wildman–Crippen MR) is 71.0 cm³/mol. The highest BCUT2D eigenvalue weighted by Gasteiger charge is 2.15. The summed E-state index contributed by atoms with van der Waals surface area (Å²) < 4.78 is 0.